The van der Waals surface area contributed by atoms with Crippen LogP contribution in [-0.4, -0.2) is 20.9 Å². The second-order valence-corrected chi connectivity index (χ2v) is 7.14. The zero-order chi connectivity index (χ0) is 20.4. The van der Waals surface area contributed by atoms with Crippen LogP contribution in [-0.2, 0) is 21.8 Å². The lowest BCUT2D eigenvalue weighted by Crippen LogP contribution is -2.18. The van der Waals surface area contributed by atoms with Gasteiger partial charge in [-0.2, -0.15) is 13.2 Å². The summed E-state index contributed by atoms with van der Waals surface area (Å²) in [6.07, 6.45) is -4.78. The monoisotopic (exact) mass is 401 g/mol. The maximum absolute atomic E-state index is 12.7. The fraction of sp³-hybridized carbons (Fsp3) is 0.235. The molecule has 0 saturated carbocycles. The molecular formula is C17H14F3NO5S. The maximum Gasteiger partial charge on any atom is 0.416 e. The van der Waals surface area contributed by atoms with Crippen LogP contribution in [0.25, 0.3) is 0 Å². The van der Waals surface area contributed by atoms with Crippen molar-refractivity contribution in [1.29, 1.82) is 0 Å². The number of halogens is 3. The Labute approximate surface area is 154 Å². The quantitative estimate of drug-likeness (QED) is 0.328. The van der Waals surface area contributed by atoms with Gasteiger partial charge in [-0.25, -0.2) is 0 Å². The van der Waals surface area contributed by atoms with Gasteiger partial charge >= 0.3 is 12.1 Å². The van der Waals surface area contributed by atoms with E-state index in [0.717, 1.165) is 17.2 Å². The highest BCUT2D eigenvalue weighted by Gasteiger charge is 2.34. The van der Waals surface area contributed by atoms with E-state index >= 15 is 0 Å². The highest BCUT2D eigenvalue weighted by molar-refractivity contribution is 7.85. The van der Waals surface area contributed by atoms with Crippen molar-refractivity contribution >= 4 is 22.5 Å². The van der Waals surface area contributed by atoms with Gasteiger partial charge in [-0.1, -0.05) is 6.07 Å². The van der Waals surface area contributed by atoms with Crippen molar-refractivity contribution < 1.29 is 31.8 Å². The molecule has 6 nitrogen and oxygen atoms in total. The molecule has 2 aromatic carbocycles. The van der Waals surface area contributed by atoms with Gasteiger partial charge in [-0.05, 0) is 49.2 Å². The Hall–Kier alpha value is -2.75. The first-order chi connectivity index (χ1) is 12.5. The van der Waals surface area contributed by atoms with Gasteiger partial charge in [0.15, 0.2) is 0 Å². The summed E-state index contributed by atoms with van der Waals surface area (Å²) in [4.78, 5) is 21.5. The lowest BCUT2D eigenvalue weighted by atomic mass is 10.1. The van der Waals surface area contributed by atoms with E-state index < -0.39 is 49.8 Å². The van der Waals surface area contributed by atoms with Crippen LogP contribution >= 0.6 is 0 Å². The van der Waals surface area contributed by atoms with Crippen molar-refractivity contribution in [3.63, 3.8) is 0 Å². The molecule has 144 valence electrons. The van der Waals surface area contributed by atoms with Gasteiger partial charge in [0.2, 0.25) is 0 Å². The molecular weight excluding hydrogens is 387 g/mol. The van der Waals surface area contributed by atoms with Crippen LogP contribution < -0.4 is 4.74 Å². The van der Waals surface area contributed by atoms with Crippen molar-refractivity contribution in [2.24, 2.45) is 0 Å². The SMILES string of the molecule is Cc1cc(C)cc(OC(=O)C[S@](=O)c2ccc(C(F)(F)F)cc2[N+](=O)[O-])c1. The molecule has 0 unspecified atom stereocenters. The predicted molar refractivity (Wildman–Crippen MR) is 90.9 cm³/mol. The van der Waals surface area contributed by atoms with Crippen molar-refractivity contribution in [2.75, 3.05) is 5.75 Å². The molecule has 0 radical (unpaired) electrons. The molecule has 10 heteroatoms. The molecule has 0 aliphatic carbocycles. The third kappa shape index (κ3) is 5.36. The van der Waals surface area contributed by atoms with Crippen molar-refractivity contribution in [3.05, 3.63) is 63.2 Å². The molecule has 0 amide bonds. The molecule has 0 aliphatic rings. The number of nitro benzene ring substituents is 1. The highest BCUT2D eigenvalue weighted by atomic mass is 32.2. The summed E-state index contributed by atoms with van der Waals surface area (Å²) < 4.78 is 55.5. The third-order valence-corrected chi connectivity index (χ3v) is 4.74. The molecule has 0 bridgehead atoms. The highest BCUT2D eigenvalue weighted by Crippen LogP contribution is 2.34. The van der Waals surface area contributed by atoms with E-state index in [-0.39, 0.29) is 5.75 Å². The molecule has 0 heterocycles. The number of hydrogen-bond donors (Lipinski definition) is 0. The van der Waals surface area contributed by atoms with Crippen LogP contribution in [0, 0.1) is 24.0 Å². The predicted octanol–water partition coefficient (Wildman–Crippen LogP) is 3.94. The molecule has 2 aromatic rings. The number of nitrogens with zero attached hydrogens (tertiary/aromatic N) is 1. The van der Waals surface area contributed by atoms with Gasteiger partial charge in [-0.3, -0.25) is 19.1 Å². The molecule has 0 N–H and O–H groups in total. The Morgan fingerprint density at radius 2 is 1.74 bits per heavy atom. The zero-order valence-corrected chi connectivity index (χ0v) is 15.0. The minimum Gasteiger partial charge on any atom is -0.426 e. The number of aryl methyl sites for hydroxylation is 2. The fourth-order valence-corrected chi connectivity index (χ4v) is 3.38. The van der Waals surface area contributed by atoms with Gasteiger partial charge in [0.1, 0.15) is 16.4 Å². The summed E-state index contributed by atoms with van der Waals surface area (Å²) in [6.45, 7) is 3.57. The summed E-state index contributed by atoms with van der Waals surface area (Å²) in [5.41, 5.74) is -0.551. The average molecular weight is 401 g/mol. The Morgan fingerprint density at radius 1 is 1.15 bits per heavy atom. The Bertz CT molecular complexity index is 907. The molecule has 0 aliphatic heterocycles. The lowest BCUT2D eigenvalue weighted by molar-refractivity contribution is -0.388. The second-order valence-electron chi connectivity index (χ2n) is 5.72. The van der Waals surface area contributed by atoms with E-state index in [9.17, 15) is 32.3 Å². The van der Waals surface area contributed by atoms with Gasteiger partial charge < -0.3 is 4.74 Å². The smallest absolute Gasteiger partial charge is 0.416 e. The first-order valence-electron chi connectivity index (χ1n) is 7.50. The number of nitro groups is 1. The minimum absolute atomic E-state index is 0.219. The zero-order valence-electron chi connectivity index (χ0n) is 14.2. The van der Waals surface area contributed by atoms with Crippen LogP contribution in [0.4, 0.5) is 18.9 Å². The van der Waals surface area contributed by atoms with E-state index in [1.807, 2.05) is 6.07 Å². The van der Waals surface area contributed by atoms with Crippen LogP contribution in [0.15, 0.2) is 41.3 Å². The third-order valence-electron chi connectivity index (χ3n) is 3.40. The topological polar surface area (TPSA) is 86.5 Å². The van der Waals surface area contributed by atoms with E-state index in [0.29, 0.717) is 12.1 Å². The first kappa shape index (κ1) is 20.6. The molecule has 0 fully saturated rings. The van der Waals surface area contributed by atoms with E-state index in [1.54, 1.807) is 26.0 Å². The molecule has 27 heavy (non-hydrogen) atoms. The van der Waals surface area contributed by atoms with Crippen molar-refractivity contribution in [3.8, 4) is 5.75 Å². The lowest BCUT2D eigenvalue weighted by Gasteiger charge is -2.09. The number of esters is 1. The van der Waals surface area contributed by atoms with Gasteiger partial charge in [0.25, 0.3) is 5.69 Å². The summed E-state index contributed by atoms with van der Waals surface area (Å²) >= 11 is 0. The minimum atomic E-state index is -4.78. The molecule has 0 saturated heterocycles. The average Bonchev–Trinajstić information content (AvgIpc) is 2.52. The standard InChI is InChI=1S/C17H14F3NO5S/c1-10-5-11(2)7-13(6-10)26-16(22)9-27(25)15-4-3-12(17(18,19)20)8-14(15)21(23)24/h3-8H,9H2,1-2H3/t27-/m0/s1. The van der Waals surface area contributed by atoms with Crippen LogP contribution in [0.2, 0.25) is 0 Å². The van der Waals surface area contributed by atoms with E-state index in [2.05, 4.69) is 0 Å². The first-order valence-corrected chi connectivity index (χ1v) is 8.82. The van der Waals surface area contributed by atoms with Gasteiger partial charge in [0, 0.05) is 6.07 Å². The number of carbonyl (C=O) groups is 1. The van der Waals surface area contributed by atoms with Crippen molar-refractivity contribution in [1.82, 2.24) is 0 Å². The Morgan fingerprint density at radius 3 is 2.26 bits per heavy atom. The number of benzene rings is 2. The van der Waals surface area contributed by atoms with E-state index in [4.69, 9.17) is 4.74 Å². The van der Waals surface area contributed by atoms with Crippen LogP contribution in [0.1, 0.15) is 16.7 Å². The Balaban J connectivity index is 2.22. The second kappa shape index (κ2) is 7.87. The number of carbonyl (C=O) groups excluding carboxylic acids is 1. The van der Waals surface area contributed by atoms with E-state index in [1.165, 1.54) is 0 Å². The van der Waals surface area contributed by atoms with Crippen LogP contribution in [0.3, 0.4) is 0 Å². The summed E-state index contributed by atoms with van der Waals surface area (Å²) in [5.74, 6) is -1.44. The summed E-state index contributed by atoms with van der Waals surface area (Å²) in [5, 5.41) is 11.0. The normalized spacial score (nSPS) is 12.5. The largest absolute Gasteiger partial charge is 0.426 e. The molecule has 2 rings (SSSR count). The molecule has 1 atom stereocenters. The Kier molecular flexibility index (Phi) is 5.99. The maximum atomic E-state index is 12.7. The number of alkyl halides is 3. The number of hydrogen-bond acceptors (Lipinski definition) is 5. The van der Waals surface area contributed by atoms with Crippen molar-refractivity contribution in [2.45, 2.75) is 24.9 Å². The van der Waals surface area contributed by atoms with Gasteiger partial charge in [-0.15, -0.1) is 0 Å². The summed E-state index contributed by atoms with van der Waals surface area (Å²) in [7, 11) is -2.25. The molecule has 0 spiro atoms. The summed E-state index contributed by atoms with van der Waals surface area (Å²) in [6, 6.07) is 6.61. The number of rotatable bonds is 5. The fourth-order valence-electron chi connectivity index (χ4n) is 2.37. The van der Waals surface area contributed by atoms with Gasteiger partial charge in [0.05, 0.1) is 21.3 Å². The molecule has 0 aromatic heterocycles. The van der Waals surface area contributed by atoms with Crippen LogP contribution in [0.5, 0.6) is 5.75 Å². The number of ether oxygens (including phenoxy) is 1.